The number of benzene rings is 3. The standard InChI is InChI=1S/C36H47N3O4/c1-35(2,3)43-34(42)37-36(4,5)23-13-20-32(40)39(7)31(26-28-21-22-29-18-11-12-19-30(29)25-28)33(41)38(6)24-14-17-27-15-9-8-10-16-27/h8-13,15-16,18-22,25,31H,14,17,23-24,26H2,1-7H3,(H,37,42)/t31-/m1/s1. The van der Waals surface area contributed by atoms with Gasteiger partial charge in [-0.1, -0.05) is 78.9 Å². The number of nitrogens with zero attached hydrogens (tertiary/aromatic N) is 2. The summed E-state index contributed by atoms with van der Waals surface area (Å²) in [7, 11) is 3.48. The summed E-state index contributed by atoms with van der Waals surface area (Å²) in [6.07, 6.45) is 5.21. The van der Waals surface area contributed by atoms with E-state index in [1.807, 2.05) is 71.0 Å². The van der Waals surface area contributed by atoms with E-state index in [0.717, 1.165) is 29.2 Å². The maximum atomic E-state index is 13.8. The van der Waals surface area contributed by atoms with E-state index in [4.69, 9.17) is 4.74 Å². The first-order valence-electron chi connectivity index (χ1n) is 15.0. The van der Waals surface area contributed by atoms with Crippen LogP contribution in [0.2, 0.25) is 0 Å². The highest BCUT2D eigenvalue weighted by Gasteiger charge is 2.29. The van der Waals surface area contributed by atoms with Gasteiger partial charge in [0, 0.05) is 32.6 Å². The lowest BCUT2D eigenvalue weighted by Gasteiger charge is -2.31. The number of carbonyl (C=O) groups excluding carboxylic acids is 3. The van der Waals surface area contributed by atoms with Gasteiger partial charge in [-0.05, 0) is 81.9 Å². The maximum Gasteiger partial charge on any atom is 0.408 e. The number of nitrogens with one attached hydrogen (secondary N) is 1. The molecule has 0 fully saturated rings. The molecule has 0 aliphatic rings. The molecule has 0 saturated heterocycles. The van der Waals surface area contributed by atoms with Crippen molar-refractivity contribution >= 4 is 28.7 Å². The molecule has 0 aromatic heterocycles. The predicted octanol–water partition coefficient (Wildman–Crippen LogP) is 6.55. The Labute approximate surface area is 256 Å². The third-order valence-electron chi connectivity index (χ3n) is 7.25. The van der Waals surface area contributed by atoms with Crippen molar-refractivity contribution in [1.29, 1.82) is 0 Å². The van der Waals surface area contributed by atoms with Crippen LogP contribution in [0.15, 0.2) is 84.9 Å². The predicted molar refractivity (Wildman–Crippen MR) is 174 cm³/mol. The summed E-state index contributed by atoms with van der Waals surface area (Å²) < 4.78 is 5.36. The van der Waals surface area contributed by atoms with Crippen LogP contribution in [0.4, 0.5) is 4.79 Å². The van der Waals surface area contributed by atoms with Gasteiger partial charge in [0.25, 0.3) is 0 Å². The molecule has 0 saturated carbocycles. The number of likely N-dealkylation sites (N-methyl/N-ethyl adjacent to an activating group) is 2. The van der Waals surface area contributed by atoms with Crippen molar-refractivity contribution in [2.45, 2.75) is 77.5 Å². The number of alkyl carbamates (subject to hydrolysis) is 1. The van der Waals surface area contributed by atoms with Crippen molar-refractivity contribution in [3.8, 4) is 0 Å². The number of fused-ring (bicyclic) bond motifs is 1. The highest BCUT2D eigenvalue weighted by Crippen LogP contribution is 2.19. The van der Waals surface area contributed by atoms with E-state index < -0.39 is 23.3 Å². The molecule has 0 aliphatic heterocycles. The quantitative estimate of drug-likeness (QED) is 0.245. The Morgan fingerprint density at radius 3 is 2.19 bits per heavy atom. The summed E-state index contributed by atoms with van der Waals surface area (Å²) >= 11 is 0. The fourth-order valence-electron chi connectivity index (χ4n) is 4.87. The monoisotopic (exact) mass is 585 g/mol. The molecule has 3 rings (SSSR count). The summed E-state index contributed by atoms with van der Waals surface area (Å²) in [5.74, 6) is -0.373. The zero-order valence-electron chi connectivity index (χ0n) is 26.7. The molecule has 3 aromatic rings. The van der Waals surface area contributed by atoms with Gasteiger partial charge in [0.05, 0.1) is 0 Å². The number of hydrogen-bond acceptors (Lipinski definition) is 4. The number of aryl methyl sites for hydroxylation is 1. The summed E-state index contributed by atoms with van der Waals surface area (Å²) in [5, 5.41) is 5.07. The molecule has 1 atom stereocenters. The Morgan fingerprint density at radius 1 is 0.860 bits per heavy atom. The summed E-state index contributed by atoms with van der Waals surface area (Å²) in [4.78, 5) is 42.7. The molecule has 0 bridgehead atoms. The smallest absolute Gasteiger partial charge is 0.408 e. The van der Waals surface area contributed by atoms with Crippen molar-refractivity contribution in [1.82, 2.24) is 15.1 Å². The third kappa shape index (κ3) is 10.9. The molecule has 0 spiro atoms. The fraction of sp³-hybridized carbons (Fsp3) is 0.417. The normalized spacial score (nSPS) is 12.6. The van der Waals surface area contributed by atoms with E-state index in [1.165, 1.54) is 16.5 Å². The lowest BCUT2D eigenvalue weighted by molar-refractivity contribution is -0.141. The SMILES string of the molecule is CN(CCCc1ccccc1)C(=O)[C@@H](Cc1ccc2ccccc2c1)N(C)C(=O)C=CCC(C)(C)NC(=O)OC(C)(C)C. The minimum atomic E-state index is -0.673. The molecule has 0 aliphatic carbocycles. The van der Waals surface area contributed by atoms with Crippen LogP contribution in [-0.4, -0.2) is 65.5 Å². The number of carbonyl (C=O) groups is 3. The van der Waals surface area contributed by atoms with E-state index >= 15 is 0 Å². The molecular formula is C36H47N3O4. The van der Waals surface area contributed by atoms with Gasteiger partial charge in [0.2, 0.25) is 11.8 Å². The van der Waals surface area contributed by atoms with Gasteiger partial charge in [-0.3, -0.25) is 9.59 Å². The van der Waals surface area contributed by atoms with E-state index in [1.54, 1.807) is 25.1 Å². The molecule has 0 heterocycles. The average molecular weight is 586 g/mol. The van der Waals surface area contributed by atoms with Crippen LogP contribution in [0.1, 0.15) is 58.6 Å². The number of hydrogen-bond donors (Lipinski definition) is 1. The second-order valence-corrected chi connectivity index (χ2v) is 12.8. The number of ether oxygens (including phenoxy) is 1. The van der Waals surface area contributed by atoms with E-state index in [2.05, 4.69) is 41.7 Å². The van der Waals surface area contributed by atoms with Crippen LogP contribution in [-0.2, 0) is 27.2 Å². The van der Waals surface area contributed by atoms with Gasteiger partial charge in [-0.15, -0.1) is 0 Å². The summed E-state index contributed by atoms with van der Waals surface area (Å²) in [6, 6.07) is 23.8. The number of amides is 3. The van der Waals surface area contributed by atoms with Gasteiger partial charge < -0.3 is 19.9 Å². The second-order valence-electron chi connectivity index (χ2n) is 12.8. The minimum Gasteiger partial charge on any atom is -0.444 e. The molecule has 7 nitrogen and oxygen atoms in total. The Hall–Kier alpha value is -4.13. The maximum absolute atomic E-state index is 13.8. The molecule has 43 heavy (non-hydrogen) atoms. The van der Waals surface area contributed by atoms with E-state index in [9.17, 15) is 14.4 Å². The summed E-state index contributed by atoms with van der Waals surface area (Å²) in [5.41, 5.74) is 0.992. The third-order valence-corrected chi connectivity index (χ3v) is 7.25. The van der Waals surface area contributed by atoms with Crippen molar-refractivity contribution in [2.75, 3.05) is 20.6 Å². The molecule has 1 N–H and O–H groups in total. The highest BCUT2D eigenvalue weighted by atomic mass is 16.6. The van der Waals surface area contributed by atoms with E-state index in [0.29, 0.717) is 19.4 Å². The lowest BCUT2D eigenvalue weighted by Crippen LogP contribution is -2.49. The number of rotatable bonds is 12. The van der Waals surface area contributed by atoms with Crippen LogP contribution >= 0.6 is 0 Å². The minimum absolute atomic E-state index is 0.0996. The molecule has 7 heteroatoms. The summed E-state index contributed by atoms with van der Waals surface area (Å²) in [6.45, 7) is 9.75. The zero-order valence-corrected chi connectivity index (χ0v) is 26.7. The lowest BCUT2D eigenvalue weighted by atomic mass is 9.99. The van der Waals surface area contributed by atoms with Crippen LogP contribution in [0.3, 0.4) is 0 Å². The van der Waals surface area contributed by atoms with Crippen molar-refractivity contribution in [2.24, 2.45) is 0 Å². The molecule has 3 aromatic carbocycles. The van der Waals surface area contributed by atoms with Gasteiger partial charge in [-0.2, -0.15) is 0 Å². The first kappa shape index (κ1) is 33.4. The van der Waals surface area contributed by atoms with Gasteiger partial charge in [0.1, 0.15) is 11.6 Å². The van der Waals surface area contributed by atoms with Gasteiger partial charge >= 0.3 is 6.09 Å². The molecule has 0 unspecified atom stereocenters. The molecule has 3 amide bonds. The average Bonchev–Trinajstić information content (AvgIpc) is 2.94. The zero-order chi connectivity index (χ0) is 31.6. The fourth-order valence-corrected chi connectivity index (χ4v) is 4.87. The highest BCUT2D eigenvalue weighted by molar-refractivity contribution is 5.93. The van der Waals surface area contributed by atoms with Crippen LogP contribution in [0.5, 0.6) is 0 Å². The van der Waals surface area contributed by atoms with Crippen molar-refractivity contribution in [3.63, 3.8) is 0 Å². The largest absolute Gasteiger partial charge is 0.444 e. The van der Waals surface area contributed by atoms with Crippen molar-refractivity contribution < 1.29 is 19.1 Å². The Kier molecular flexibility index (Phi) is 11.5. The Bertz CT molecular complexity index is 1410. The molecule has 0 radical (unpaired) electrons. The van der Waals surface area contributed by atoms with Gasteiger partial charge in [0.15, 0.2) is 0 Å². The first-order valence-corrected chi connectivity index (χ1v) is 15.0. The van der Waals surface area contributed by atoms with Crippen molar-refractivity contribution in [3.05, 3.63) is 96.1 Å². The van der Waals surface area contributed by atoms with Gasteiger partial charge in [-0.25, -0.2) is 4.79 Å². The Morgan fingerprint density at radius 2 is 1.51 bits per heavy atom. The second kappa shape index (κ2) is 14.9. The van der Waals surface area contributed by atoms with Crippen LogP contribution < -0.4 is 5.32 Å². The van der Waals surface area contributed by atoms with Crippen LogP contribution in [0.25, 0.3) is 10.8 Å². The first-order chi connectivity index (χ1) is 20.2. The Balaban J connectivity index is 1.72. The van der Waals surface area contributed by atoms with E-state index in [-0.39, 0.29) is 11.8 Å². The van der Waals surface area contributed by atoms with Crippen LogP contribution in [0, 0.1) is 0 Å². The molecule has 230 valence electrons. The topological polar surface area (TPSA) is 79.0 Å². The molecular weight excluding hydrogens is 538 g/mol.